The molecule has 0 unspecified atom stereocenters. The van der Waals surface area contributed by atoms with E-state index < -0.39 is 22.9 Å². The third-order valence-electron chi connectivity index (χ3n) is 3.80. The van der Waals surface area contributed by atoms with Gasteiger partial charge in [-0.05, 0) is 37.8 Å². The van der Waals surface area contributed by atoms with Crippen LogP contribution in [0.5, 0.6) is 5.75 Å². The summed E-state index contributed by atoms with van der Waals surface area (Å²) in [5.74, 6) is 0.321. The number of benzene rings is 1. The van der Waals surface area contributed by atoms with E-state index in [9.17, 15) is 18.0 Å². The average Bonchev–Trinajstić information content (AvgIpc) is 2.52. The molecule has 0 atom stereocenters. The molecule has 0 saturated carbocycles. The van der Waals surface area contributed by atoms with E-state index in [0.29, 0.717) is 5.57 Å². The van der Waals surface area contributed by atoms with E-state index in [1.54, 1.807) is 13.0 Å². The molecule has 0 radical (unpaired) electrons. The van der Waals surface area contributed by atoms with Gasteiger partial charge in [0.25, 0.3) is 0 Å². The van der Waals surface area contributed by atoms with Crippen LogP contribution in [0.4, 0.5) is 13.2 Å². The fourth-order valence-corrected chi connectivity index (χ4v) is 2.70. The van der Waals surface area contributed by atoms with Gasteiger partial charge < -0.3 is 9.15 Å². The van der Waals surface area contributed by atoms with Crippen molar-refractivity contribution in [2.75, 3.05) is 0 Å². The summed E-state index contributed by atoms with van der Waals surface area (Å²) in [5.41, 5.74) is -2.05. The maximum atomic E-state index is 13.7. The number of hydrogen-bond acceptors (Lipinski definition) is 3. The van der Waals surface area contributed by atoms with Crippen LogP contribution in [0.2, 0.25) is 5.02 Å². The van der Waals surface area contributed by atoms with E-state index in [4.69, 9.17) is 20.8 Å². The Balaban J connectivity index is 2.66. The molecule has 3 nitrogen and oxygen atoms in total. The molecule has 0 spiro atoms. The summed E-state index contributed by atoms with van der Waals surface area (Å²) in [6, 6.07) is 2.31. The topological polar surface area (TPSA) is 39.4 Å². The van der Waals surface area contributed by atoms with Crippen molar-refractivity contribution >= 4 is 22.6 Å². The lowest BCUT2D eigenvalue weighted by Crippen LogP contribution is -2.19. The summed E-state index contributed by atoms with van der Waals surface area (Å²) in [6.07, 6.45) is -1.47. The summed E-state index contributed by atoms with van der Waals surface area (Å²) >= 11 is 6.10. The summed E-state index contributed by atoms with van der Waals surface area (Å²) < 4.78 is 51.7. The molecule has 1 heterocycles. The summed E-state index contributed by atoms with van der Waals surface area (Å²) in [7, 11) is 0. The second kappa shape index (κ2) is 8.21. The van der Waals surface area contributed by atoms with Crippen LogP contribution in [0.15, 0.2) is 45.8 Å². The number of hydrogen-bond donors (Lipinski definition) is 0. The predicted molar refractivity (Wildman–Crippen MR) is 100 cm³/mol. The normalized spacial score (nSPS) is 12.3. The van der Waals surface area contributed by atoms with Gasteiger partial charge in [-0.1, -0.05) is 31.0 Å². The second-order valence-corrected chi connectivity index (χ2v) is 7.07. The van der Waals surface area contributed by atoms with Gasteiger partial charge >= 0.3 is 11.8 Å². The third-order valence-corrected chi connectivity index (χ3v) is 4.09. The zero-order chi connectivity index (χ0) is 20.4. The number of rotatable bonds is 6. The molecule has 0 aliphatic carbocycles. The first-order valence-corrected chi connectivity index (χ1v) is 8.72. The first-order valence-electron chi connectivity index (χ1n) is 8.34. The zero-order valence-electron chi connectivity index (χ0n) is 15.2. The van der Waals surface area contributed by atoms with Gasteiger partial charge in [0.15, 0.2) is 0 Å². The molecule has 0 fully saturated rings. The molecule has 146 valence electrons. The quantitative estimate of drug-likeness (QED) is 0.314. The SMILES string of the molecule is C=C(C)CCc1c(C(F)(F)F)c2cc(Cl)c(OC=CC(C)C)cc2oc1=O. The number of halogens is 4. The third kappa shape index (κ3) is 5.16. The van der Waals surface area contributed by atoms with E-state index in [1.165, 1.54) is 12.3 Å². The van der Waals surface area contributed by atoms with Gasteiger partial charge in [-0.15, -0.1) is 6.58 Å². The Hall–Kier alpha value is -2.21. The van der Waals surface area contributed by atoms with Crippen LogP contribution in [0.3, 0.4) is 0 Å². The van der Waals surface area contributed by atoms with Crippen LogP contribution in [-0.2, 0) is 12.6 Å². The lowest BCUT2D eigenvalue weighted by molar-refractivity contribution is -0.137. The molecule has 0 saturated heterocycles. The number of allylic oxidation sites excluding steroid dienone is 2. The van der Waals surface area contributed by atoms with E-state index in [1.807, 2.05) is 13.8 Å². The van der Waals surface area contributed by atoms with Gasteiger partial charge in [-0.25, -0.2) is 4.79 Å². The first-order chi connectivity index (χ1) is 12.5. The minimum atomic E-state index is -4.73. The van der Waals surface area contributed by atoms with Gasteiger partial charge in [-0.3, -0.25) is 0 Å². The molecule has 27 heavy (non-hydrogen) atoms. The highest BCUT2D eigenvalue weighted by Crippen LogP contribution is 2.40. The Bertz CT molecular complexity index is 940. The largest absolute Gasteiger partial charge is 0.464 e. The fourth-order valence-electron chi connectivity index (χ4n) is 2.49. The monoisotopic (exact) mass is 400 g/mol. The summed E-state index contributed by atoms with van der Waals surface area (Å²) in [6.45, 7) is 9.21. The number of alkyl halides is 3. The number of fused-ring (bicyclic) bond motifs is 1. The Morgan fingerprint density at radius 2 is 2.04 bits per heavy atom. The Morgan fingerprint density at radius 1 is 1.37 bits per heavy atom. The molecule has 0 aliphatic heterocycles. The number of ether oxygens (including phenoxy) is 1. The maximum Gasteiger partial charge on any atom is 0.417 e. The lowest BCUT2D eigenvalue weighted by Gasteiger charge is -2.15. The summed E-state index contributed by atoms with van der Waals surface area (Å²) in [4.78, 5) is 12.2. The molecule has 0 aliphatic rings. The van der Waals surface area contributed by atoms with Crippen LogP contribution >= 0.6 is 11.6 Å². The van der Waals surface area contributed by atoms with Crippen molar-refractivity contribution in [2.45, 2.75) is 39.8 Å². The van der Waals surface area contributed by atoms with Crippen molar-refractivity contribution in [1.82, 2.24) is 0 Å². The van der Waals surface area contributed by atoms with Gasteiger partial charge in [0, 0.05) is 11.5 Å². The van der Waals surface area contributed by atoms with Crippen LogP contribution in [0.1, 0.15) is 38.3 Å². The van der Waals surface area contributed by atoms with E-state index >= 15 is 0 Å². The van der Waals surface area contributed by atoms with Gasteiger partial charge in [0.1, 0.15) is 11.3 Å². The maximum absolute atomic E-state index is 13.7. The minimum Gasteiger partial charge on any atom is -0.464 e. The molecular weight excluding hydrogens is 381 g/mol. The highest BCUT2D eigenvalue weighted by atomic mass is 35.5. The van der Waals surface area contributed by atoms with Gasteiger partial charge in [-0.2, -0.15) is 13.2 Å². The van der Waals surface area contributed by atoms with E-state index in [2.05, 4.69) is 6.58 Å². The molecule has 1 aromatic heterocycles. The summed E-state index contributed by atoms with van der Waals surface area (Å²) in [5, 5.41) is -0.287. The minimum absolute atomic E-state index is 0.0129. The molecule has 0 bridgehead atoms. The van der Waals surface area contributed by atoms with Crippen molar-refractivity contribution in [1.29, 1.82) is 0 Å². The zero-order valence-corrected chi connectivity index (χ0v) is 16.0. The van der Waals surface area contributed by atoms with Crippen LogP contribution in [-0.4, -0.2) is 0 Å². The van der Waals surface area contributed by atoms with Crippen molar-refractivity contribution in [3.05, 3.63) is 63.2 Å². The average molecular weight is 401 g/mol. The van der Waals surface area contributed by atoms with Crippen LogP contribution in [0, 0.1) is 5.92 Å². The molecule has 0 N–H and O–H groups in total. The predicted octanol–water partition coefficient (Wildman–Crippen LogP) is 6.52. The van der Waals surface area contributed by atoms with E-state index in [-0.39, 0.29) is 40.5 Å². The molecule has 0 amide bonds. The molecule has 2 aromatic rings. The highest BCUT2D eigenvalue weighted by Gasteiger charge is 2.37. The van der Waals surface area contributed by atoms with Crippen molar-refractivity contribution in [2.24, 2.45) is 5.92 Å². The fraction of sp³-hybridized carbons (Fsp3) is 0.350. The first kappa shape index (κ1) is 21.1. The molecule has 7 heteroatoms. The van der Waals surface area contributed by atoms with E-state index in [0.717, 1.165) is 6.07 Å². The second-order valence-electron chi connectivity index (χ2n) is 6.67. The Morgan fingerprint density at radius 3 is 2.59 bits per heavy atom. The molecule has 1 aromatic carbocycles. The van der Waals surface area contributed by atoms with Gasteiger partial charge in [0.2, 0.25) is 0 Å². The van der Waals surface area contributed by atoms with Crippen molar-refractivity contribution in [3.8, 4) is 5.75 Å². The Kier molecular flexibility index (Phi) is 6.42. The Labute approximate surface area is 160 Å². The molecular formula is C20H20ClF3O3. The molecule has 2 rings (SSSR count). The van der Waals surface area contributed by atoms with Gasteiger partial charge in [0.05, 0.1) is 22.4 Å². The lowest BCUT2D eigenvalue weighted by atomic mass is 9.99. The standard InChI is InChI=1S/C20H20ClF3O3/c1-11(2)5-6-13-18(20(22,23)24)14-9-15(21)17(26-8-7-12(3)4)10-16(14)27-19(13)25/h7-10,12H,1,5-6H2,2-4H3. The van der Waals surface area contributed by atoms with Crippen molar-refractivity contribution in [3.63, 3.8) is 0 Å². The van der Waals surface area contributed by atoms with Crippen LogP contribution < -0.4 is 10.4 Å². The van der Waals surface area contributed by atoms with Crippen LogP contribution in [0.25, 0.3) is 11.0 Å². The van der Waals surface area contributed by atoms with Crippen molar-refractivity contribution < 1.29 is 22.3 Å². The smallest absolute Gasteiger partial charge is 0.417 e. The highest BCUT2D eigenvalue weighted by molar-refractivity contribution is 6.32.